The third-order valence-electron chi connectivity index (χ3n) is 8.28. The van der Waals surface area contributed by atoms with E-state index in [0.717, 1.165) is 16.8 Å². The second-order valence-electron chi connectivity index (χ2n) is 10.9. The number of para-hydroxylation sites is 1. The van der Waals surface area contributed by atoms with E-state index in [-0.39, 0.29) is 24.3 Å². The van der Waals surface area contributed by atoms with E-state index < -0.39 is 71.9 Å². The fourth-order valence-corrected chi connectivity index (χ4v) is 6.17. The summed E-state index contributed by atoms with van der Waals surface area (Å²) < 4.78 is 60.3. The van der Waals surface area contributed by atoms with Gasteiger partial charge in [-0.25, -0.2) is 17.9 Å². The van der Waals surface area contributed by atoms with E-state index in [9.17, 15) is 33.3 Å². The van der Waals surface area contributed by atoms with Gasteiger partial charge in [-0.15, -0.1) is 5.10 Å². The number of rotatable bonds is 8. The number of primary amides is 1. The molecule has 0 saturated carbocycles. The first-order valence-corrected chi connectivity index (χ1v) is 14.1. The fraction of sp³-hybridized carbons (Fsp3) is 0.323. The van der Waals surface area contributed by atoms with Gasteiger partial charge in [-0.2, -0.15) is 0 Å². The normalized spacial score (nSPS) is 27.0. The van der Waals surface area contributed by atoms with Gasteiger partial charge in [0, 0.05) is 11.5 Å². The number of aromatic nitrogens is 3. The average Bonchev–Trinajstić information content (AvgIpc) is 3.68. The molecule has 236 valence electrons. The zero-order valence-corrected chi connectivity index (χ0v) is 23.5. The highest BCUT2D eigenvalue weighted by Crippen LogP contribution is 2.51. The van der Waals surface area contributed by atoms with Crippen LogP contribution in [-0.4, -0.2) is 73.5 Å². The number of aliphatic hydroxyl groups excluding tert-OH is 3. The third kappa shape index (κ3) is 5.55. The lowest BCUT2D eigenvalue weighted by molar-refractivity contribution is -0.354. The Bertz CT molecular complexity index is 1650. The van der Waals surface area contributed by atoms with Crippen molar-refractivity contribution in [2.45, 2.75) is 42.5 Å². The zero-order valence-electron chi connectivity index (χ0n) is 23.5. The van der Waals surface area contributed by atoms with Crippen LogP contribution in [-0.2, 0) is 14.3 Å². The molecule has 6 rings (SSSR count). The topological polar surface area (TPSA) is 162 Å². The lowest BCUT2D eigenvalue weighted by Gasteiger charge is -2.50. The monoisotopic (exact) mass is 626 g/mol. The molecule has 3 heterocycles. The summed E-state index contributed by atoms with van der Waals surface area (Å²) in [5.74, 6) is -8.03. The van der Waals surface area contributed by atoms with Crippen LogP contribution in [0.15, 0.2) is 72.9 Å². The molecule has 2 aliphatic heterocycles. The van der Waals surface area contributed by atoms with Crippen molar-refractivity contribution in [2.75, 3.05) is 13.2 Å². The van der Waals surface area contributed by atoms with E-state index in [1.807, 2.05) is 18.2 Å². The summed E-state index contributed by atoms with van der Waals surface area (Å²) in [5.41, 5.74) is 6.16. The van der Waals surface area contributed by atoms with Gasteiger partial charge < -0.3 is 35.3 Å². The van der Waals surface area contributed by atoms with Gasteiger partial charge in [0.05, 0.1) is 25.3 Å². The van der Waals surface area contributed by atoms with Gasteiger partial charge in [-0.1, -0.05) is 35.5 Å². The number of nitrogens with two attached hydrogens (primary N) is 1. The van der Waals surface area contributed by atoms with E-state index in [2.05, 4.69) is 10.3 Å². The first-order valence-electron chi connectivity index (χ1n) is 14.1. The van der Waals surface area contributed by atoms with Crippen molar-refractivity contribution in [3.8, 4) is 22.8 Å². The Hall–Kier alpha value is -4.34. The van der Waals surface area contributed by atoms with Crippen LogP contribution in [0.5, 0.6) is 11.5 Å². The standard InChI is InChI=1S/C31H29F3N4O7/c32-21-12-17(13-22(33)26(21)34)23-14-38(37-36-23)27-28(40)24(15-39)45-31(29(27)41)20(10-11-43-31)25(30(35)42)16-6-8-19(9-7-16)44-18-4-2-1-3-5-18/h1-9,12-14,20,24-25,27-29,39-41H,10-11,15H2,(H2,35,42)/t20-,24-,25?,27+,28+,29-,31+/m1/s1. The van der Waals surface area contributed by atoms with Gasteiger partial charge in [0.1, 0.15) is 41.5 Å². The average molecular weight is 627 g/mol. The number of aliphatic hydroxyl groups is 3. The molecule has 14 heteroatoms. The smallest absolute Gasteiger partial charge is 0.225 e. The molecule has 0 bridgehead atoms. The largest absolute Gasteiger partial charge is 0.457 e. The molecule has 0 radical (unpaired) electrons. The highest BCUT2D eigenvalue weighted by molar-refractivity contribution is 5.82. The number of benzene rings is 3. The molecule has 2 fully saturated rings. The summed E-state index contributed by atoms with van der Waals surface area (Å²) in [6.07, 6.45) is -3.19. The molecule has 1 unspecified atom stereocenters. The van der Waals surface area contributed by atoms with Gasteiger partial charge in [0.15, 0.2) is 17.5 Å². The summed E-state index contributed by atoms with van der Waals surface area (Å²) in [7, 11) is 0. The maximum atomic E-state index is 13.9. The van der Waals surface area contributed by atoms with E-state index in [1.165, 1.54) is 6.20 Å². The molecule has 1 aromatic heterocycles. The summed E-state index contributed by atoms with van der Waals surface area (Å²) >= 11 is 0. The summed E-state index contributed by atoms with van der Waals surface area (Å²) in [6.45, 7) is -0.663. The van der Waals surface area contributed by atoms with Crippen molar-refractivity contribution in [3.63, 3.8) is 0 Å². The van der Waals surface area contributed by atoms with Crippen LogP contribution in [0.3, 0.4) is 0 Å². The van der Waals surface area contributed by atoms with Crippen molar-refractivity contribution in [2.24, 2.45) is 11.7 Å². The Morgan fingerprint density at radius 3 is 2.38 bits per heavy atom. The van der Waals surface area contributed by atoms with Gasteiger partial charge in [-0.3, -0.25) is 4.79 Å². The lowest BCUT2D eigenvalue weighted by atomic mass is 9.74. The first-order chi connectivity index (χ1) is 21.6. The fourth-order valence-electron chi connectivity index (χ4n) is 6.17. The Kier molecular flexibility index (Phi) is 8.33. The van der Waals surface area contributed by atoms with Crippen LogP contribution in [0.4, 0.5) is 13.2 Å². The molecule has 0 aliphatic carbocycles. The van der Waals surface area contributed by atoms with Crippen LogP contribution < -0.4 is 10.5 Å². The van der Waals surface area contributed by atoms with Crippen molar-refractivity contribution in [1.29, 1.82) is 0 Å². The minimum Gasteiger partial charge on any atom is -0.457 e. The molecular weight excluding hydrogens is 597 g/mol. The predicted molar refractivity (Wildman–Crippen MR) is 150 cm³/mol. The van der Waals surface area contributed by atoms with Gasteiger partial charge >= 0.3 is 0 Å². The molecule has 45 heavy (non-hydrogen) atoms. The molecular formula is C31H29F3N4O7. The Labute approximate surface area is 254 Å². The van der Waals surface area contributed by atoms with E-state index in [1.54, 1.807) is 36.4 Å². The molecule has 3 aromatic carbocycles. The SMILES string of the molecule is NC(=O)C(c1ccc(Oc2ccccc2)cc1)[C@H]1CCO[C@]12O[C@H](CO)[C@H](O)[C@H](n1cc(-c3cc(F)c(F)c(F)c3)nn1)[C@H]2O. The molecule has 2 saturated heterocycles. The second-order valence-corrected chi connectivity index (χ2v) is 10.9. The second kappa shape index (κ2) is 12.2. The highest BCUT2D eigenvalue weighted by atomic mass is 19.2. The van der Waals surface area contributed by atoms with Gasteiger partial charge in [0.25, 0.3) is 0 Å². The summed E-state index contributed by atoms with van der Waals surface area (Å²) in [5, 5.41) is 40.9. The van der Waals surface area contributed by atoms with Crippen LogP contribution >= 0.6 is 0 Å². The summed E-state index contributed by atoms with van der Waals surface area (Å²) in [4.78, 5) is 13.0. The van der Waals surface area contributed by atoms with E-state index >= 15 is 0 Å². The number of halogens is 3. The maximum absolute atomic E-state index is 13.9. The predicted octanol–water partition coefficient (Wildman–Crippen LogP) is 2.81. The minimum atomic E-state index is -1.95. The van der Waals surface area contributed by atoms with E-state index in [0.29, 0.717) is 17.1 Å². The number of amides is 1. The van der Waals surface area contributed by atoms with Crippen molar-refractivity contribution in [1.82, 2.24) is 15.0 Å². The first kappa shape index (κ1) is 30.7. The van der Waals surface area contributed by atoms with Crippen LogP contribution in [0.2, 0.25) is 0 Å². The quantitative estimate of drug-likeness (QED) is 0.216. The third-order valence-corrected chi connectivity index (χ3v) is 8.28. The molecule has 1 amide bonds. The highest BCUT2D eigenvalue weighted by Gasteiger charge is 2.63. The lowest BCUT2D eigenvalue weighted by Crippen LogP contribution is -2.66. The van der Waals surface area contributed by atoms with E-state index in [4.69, 9.17) is 19.9 Å². The Balaban J connectivity index is 1.33. The molecule has 7 atom stereocenters. The molecule has 11 nitrogen and oxygen atoms in total. The number of carbonyl (C=O) groups is 1. The van der Waals surface area contributed by atoms with Gasteiger partial charge in [0.2, 0.25) is 11.7 Å². The molecule has 1 spiro atoms. The zero-order chi connectivity index (χ0) is 31.9. The van der Waals surface area contributed by atoms with Crippen LogP contribution in [0, 0.1) is 23.4 Å². The van der Waals surface area contributed by atoms with Crippen LogP contribution in [0.1, 0.15) is 23.9 Å². The number of nitrogens with zero attached hydrogens (tertiary/aromatic N) is 3. The summed E-state index contributed by atoms with van der Waals surface area (Å²) in [6, 6.07) is 15.8. The number of ether oxygens (including phenoxy) is 3. The Morgan fingerprint density at radius 2 is 1.73 bits per heavy atom. The van der Waals surface area contributed by atoms with Gasteiger partial charge in [-0.05, 0) is 48.4 Å². The Morgan fingerprint density at radius 1 is 1.07 bits per heavy atom. The molecule has 5 N–H and O–H groups in total. The number of hydrogen-bond donors (Lipinski definition) is 4. The number of carbonyl (C=O) groups excluding carboxylic acids is 1. The van der Waals surface area contributed by atoms with Crippen LogP contribution in [0.25, 0.3) is 11.3 Å². The van der Waals surface area contributed by atoms with Crippen molar-refractivity contribution in [3.05, 3.63) is 95.9 Å². The van der Waals surface area contributed by atoms with Crippen molar-refractivity contribution < 1.29 is 47.5 Å². The van der Waals surface area contributed by atoms with Crippen molar-refractivity contribution >= 4 is 5.91 Å². The maximum Gasteiger partial charge on any atom is 0.225 e. The molecule has 2 aliphatic rings. The molecule has 4 aromatic rings. The minimum absolute atomic E-state index is 0.0401. The number of hydrogen-bond acceptors (Lipinski definition) is 9.